The number of aliphatic hydroxyl groups excluding tert-OH is 1. The van der Waals surface area contributed by atoms with Crippen LogP contribution in [0, 0.1) is 0 Å². The molecule has 0 aliphatic carbocycles. The summed E-state index contributed by atoms with van der Waals surface area (Å²) in [5.41, 5.74) is 0. The van der Waals surface area contributed by atoms with Crippen molar-refractivity contribution < 1.29 is 9.84 Å². The van der Waals surface area contributed by atoms with Crippen LogP contribution in [0.3, 0.4) is 0 Å². The number of nitrogens with zero attached hydrogens (tertiary/aromatic N) is 3. The number of hydrogen-bond donors (Lipinski definition) is 1. The maximum Gasteiger partial charge on any atom is 0.191 e. The normalized spacial score (nSPS) is 10.8. The minimum absolute atomic E-state index is 0.123. The molecule has 0 bridgehead atoms. The predicted octanol–water partition coefficient (Wildman–Crippen LogP) is 2.79. The molecule has 0 atom stereocenters. The monoisotopic (exact) mass is 333 g/mol. The lowest BCUT2D eigenvalue weighted by atomic mass is 10.3. The van der Waals surface area contributed by atoms with Gasteiger partial charge in [-0.3, -0.25) is 0 Å². The lowest BCUT2D eigenvalue weighted by Gasteiger charge is -2.07. The molecule has 0 aliphatic heterocycles. The van der Waals surface area contributed by atoms with Crippen LogP contribution in [0.25, 0.3) is 0 Å². The molecular weight excluding hydrogens is 321 g/mol. The van der Waals surface area contributed by atoms with Gasteiger partial charge in [0, 0.05) is 22.8 Å². The topological polar surface area (TPSA) is 60.2 Å². The lowest BCUT2D eigenvalue weighted by Crippen LogP contribution is -2.03. The Morgan fingerprint density at radius 2 is 1.95 bits per heavy atom. The van der Waals surface area contributed by atoms with E-state index in [-0.39, 0.29) is 6.61 Å². The van der Waals surface area contributed by atoms with Gasteiger partial charge in [-0.15, -0.1) is 10.2 Å². The van der Waals surface area contributed by atoms with Crippen molar-refractivity contribution in [3.63, 3.8) is 0 Å². The van der Waals surface area contributed by atoms with Crippen molar-refractivity contribution in [3.05, 3.63) is 34.1 Å². The van der Waals surface area contributed by atoms with Gasteiger partial charge in [0.05, 0.1) is 6.61 Å². The van der Waals surface area contributed by atoms with Crippen LogP contribution in [0.5, 0.6) is 5.75 Å². The van der Waals surface area contributed by atoms with Crippen LogP contribution in [-0.4, -0.2) is 32.2 Å². The first-order valence-corrected chi connectivity index (χ1v) is 7.55. The number of rotatable bonds is 6. The third-order valence-corrected chi connectivity index (χ3v) is 3.91. The summed E-state index contributed by atoms with van der Waals surface area (Å²) >= 11 is 13.3. The van der Waals surface area contributed by atoms with E-state index >= 15 is 0 Å². The van der Waals surface area contributed by atoms with E-state index in [1.807, 2.05) is 7.05 Å². The van der Waals surface area contributed by atoms with E-state index in [2.05, 4.69) is 10.2 Å². The maximum atomic E-state index is 9.02. The summed E-state index contributed by atoms with van der Waals surface area (Å²) in [6, 6.07) is 5.08. The number of aromatic nitrogens is 3. The number of aliphatic hydroxyl groups is 1. The van der Waals surface area contributed by atoms with Gasteiger partial charge in [-0.05, 0) is 18.2 Å². The zero-order valence-electron chi connectivity index (χ0n) is 10.7. The second-order valence-corrected chi connectivity index (χ2v) is 5.85. The van der Waals surface area contributed by atoms with Crippen molar-refractivity contribution in [2.24, 2.45) is 7.05 Å². The molecule has 1 N–H and O–H groups in total. The summed E-state index contributed by atoms with van der Waals surface area (Å²) in [4.78, 5) is 0. The predicted molar refractivity (Wildman–Crippen MR) is 79.6 cm³/mol. The molecule has 0 radical (unpaired) electrons. The van der Waals surface area contributed by atoms with Crippen molar-refractivity contribution in [1.82, 2.24) is 14.8 Å². The molecule has 0 fully saturated rings. The van der Waals surface area contributed by atoms with E-state index in [0.29, 0.717) is 34.0 Å². The van der Waals surface area contributed by atoms with Gasteiger partial charge in [0.15, 0.2) is 11.0 Å². The quantitative estimate of drug-likeness (QED) is 0.650. The highest BCUT2D eigenvalue weighted by atomic mass is 35.5. The Hall–Kier alpha value is -0.950. The van der Waals surface area contributed by atoms with Crippen molar-refractivity contribution in [3.8, 4) is 5.75 Å². The fraction of sp³-hybridized carbons (Fsp3) is 0.333. The first kappa shape index (κ1) is 15.4. The molecule has 5 nitrogen and oxygen atoms in total. The van der Waals surface area contributed by atoms with Crippen LogP contribution in [0.2, 0.25) is 10.0 Å². The average molecular weight is 334 g/mol. The smallest absolute Gasteiger partial charge is 0.191 e. The number of hydrogen-bond acceptors (Lipinski definition) is 5. The van der Waals surface area contributed by atoms with Gasteiger partial charge in [-0.25, -0.2) is 0 Å². The third-order valence-electron chi connectivity index (χ3n) is 2.49. The number of ether oxygens (including phenoxy) is 1. The van der Waals surface area contributed by atoms with Crippen molar-refractivity contribution in [2.45, 2.75) is 11.8 Å². The molecule has 2 rings (SSSR count). The second kappa shape index (κ2) is 7.17. The van der Waals surface area contributed by atoms with E-state index in [1.165, 1.54) is 11.8 Å². The van der Waals surface area contributed by atoms with Crippen LogP contribution in [0.15, 0.2) is 23.4 Å². The Balaban J connectivity index is 1.82. The molecular formula is C12H13Cl2N3O2S. The van der Waals surface area contributed by atoms with E-state index in [1.54, 1.807) is 22.8 Å². The second-order valence-electron chi connectivity index (χ2n) is 3.92. The van der Waals surface area contributed by atoms with E-state index < -0.39 is 0 Å². The average Bonchev–Trinajstić information content (AvgIpc) is 2.74. The lowest BCUT2D eigenvalue weighted by molar-refractivity contribution is 0.266. The van der Waals surface area contributed by atoms with Crippen molar-refractivity contribution >= 4 is 35.0 Å². The van der Waals surface area contributed by atoms with Gasteiger partial charge < -0.3 is 14.4 Å². The zero-order valence-corrected chi connectivity index (χ0v) is 13.0. The van der Waals surface area contributed by atoms with Gasteiger partial charge in [0.25, 0.3) is 0 Å². The van der Waals surface area contributed by atoms with Gasteiger partial charge in [-0.1, -0.05) is 35.0 Å². The van der Waals surface area contributed by atoms with Crippen LogP contribution in [0.1, 0.15) is 5.82 Å². The van der Waals surface area contributed by atoms with Crippen molar-refractivity contribution in [2.75, 3.05) is 12.4 Å². The van der Waals surface area contributed by atoms with Gasteiger partial charge >= 0.3 is 0 Å². The first-order valence-electron chi connectivity index (χ1n) is 5.81. The molecule has 20 heavy (non-hydrogen) atoms. The summed E-state index contributed by atoms with van der Waals surface area (Å²) < 4.78 is 7.32. The molecule has 0 amide bonds. The Morgan fingerprint density at radius 3 is 2.55 bits per heavy atom. The molecule has 0 aliphatic rings. The van der Waals surface area contributed by atoms with Gasteiger partial charge in [-0.2, -0.15) is 0 Å². The molecule has 0 spiro atoms. The Kier molecular flexibility index (Phi) is 5.54. The third kappa shape index (κ3) is 4.02. The van der Waals surface area contributed by atoms with Crippen LogP contribution in [-0.2, 0) is 13.7 Å². The maximum absolute atomic E-state index is 9.02. The molecule has 108 valence electrons. The number of thioether (sulfide) groups is 1. The minimum atomic E-state index is -0.123. The largest absolute Gasteiger partial charge is 0.493 e. The molecule has 1 heterocycles. The number of benzene rings is 1. The molecule has 0 saturated carbocycles. The van der Waals surface area contributed by atoms with E-state index in [0.717, 1.165) is 5.16 Å². The Labute approximate surface area is 130 Å². The van der Waals surface area contributed by atoms with Crippen molar-refractivity contribution in [1.29, 1.82) is 0 Å². The highest BCUT2D eigenvalue weighted by Crippen LogP contribution is 2.24. The molecule has 0 unspecified atom stereocenters. The van der Waals surface area contributed by atoms with Crippen LogP contribution < -0.4 is 4.74 Å². The zero-order chi connectivity index (χ0) is 14.5. The van der Waals surface area contributed by atoms with Crippen LogP contribution >= 0.6 is 35.0 Å². The van der Waals surface area contributed by atoms with Gasteiger partial charge in [0.2, 0.25) is 0 Å². The molecule has 2 aromatic rings. The standard InChI is InChI=1S/C12H13Cl2N3O2S/c1-17-11(7-18)15-16-12(17)20-3-2-19-10-5-8(13)4-9(14)6-10/h4-6,18H,2-3,7H2,1H3. The minimum Gasteiger partial charge on any atom is -0.493 e. The first-order chi connectivity index (χ1) is 9.60. The Morgan fingerprint density at radius 1 is 1.25 bits per heavy atom. The van der Waals surface area contributed by atoms with Gasteiger partial charge in [0.1, 0.15) is 12.4 Å². The highest BCUT2D eigenvalue weighted by Gasteiger charge is 2.08. The number of halogens is 2. The molecule has 8 heteroatoms. The fourth-order valence-electron chi connectivity index (χ4n) is 1.51. The Bertz CT molecular complexity index is 572. The molecule has 1 aromatic carbocycles. The SMILES string of the molecule is Cn1c(CO)nnc1SCCOc1cc(Cl)cc(Cl)c1. The van der Waals surface area contributed by atoms with E-state index in [4.69, 9.17) is 33.0 Å². The summed E-state index contributed by atoms with van der Waals surface area (Å²) in [6.45, 7) is 0.365. The molecule has 0 saturated heterocycles. The highest BCUT2D eigenvalue weighted by molar-refractivity contribution is 7.99. The van der Waals surface area contributed by atoms with Crippen LogP contribution in [0.4, 0.5) is 0 Å². The summed E-state index contributed by atoms with van der Waals surface area (Å²) in [7, 11) is 1.81. The molecule has 1 aromatic heterocycles. The fourth-order valence-corrected chi connectivity index (χ4v) is 2.77. The summed E-state index contributed by atoms with van der Waals surface area (Å²) in [6.07, 6.45) is 0. The summed E-state index contributed by atoms with van der Waals surface area (Å²) in [5, 5.41) is 18.7. The summed E-state index contributed by atoms with van der Waals surface area (Å²) in [5.74, 6) is 1.87. The van der Waals surface area contributed by atoms with E-state index in [9.17, 15) is 0 Å².